The van der Waals surface area contributed by atoms with Crippen LogP contribution in [0, 0.1) is 0 Å². The first-order valence-corrected chi connectivity index (χ1v) is 22.5. The Bertz CT molecular complexity index is 2570. The third-order valence-electron chi connectivity index (χ3n) is 14.9. The van der Waals surface area contributed by atoms with Gasteiger partial charge in [-0.1, -0.05) is 154 Å². The molecule has 0 saturated heterocycles. The molecule has 5 aromatic rings. The number of hydrogen-bond acceptors (Lipinski definition) is 2. The van der Waals surface area contributed by atoms with E-state index in [9.17, 15) is 0 Å². The minimum absolute atomic E-state index is 0.000263. The number of benzene rings is 5. The van der Waals surface area contributed by atoms with Crippen LogP contribution in [-0.4, -0.2) is 0 Å². The predicted molar refractivity (Wildman–Crippen MR) is 254 cm³/mol. The third-order valence-corrected chi connectivity index (χ3v) is 14.9. The fraction of sp³-hybridized carbons (Fsp3) is 0.474. The van der Waals surface area contributed by atoms with Crippen LogP contribution in [0.1, 0.15) is 192 Å². The van der Waals surface area contributed by atoms with Crippen molar-refractivity contribution < 1.29 is 0 Å². The Labute approximate surface area is 357 Å². The zero-order valence-corrected chi connectivity index (χ0v) is 39.5. The van der Waals surface area contributed by atoms with E-state index in [1.807, 2.05) is 0 Å². The molecule has 0 spiro atoms. The van der Waals surface area contributed by atoms with Crippen LogP contribution in [0.2, 0.25) is 0 Å². The summed E-state index contributed by atoms with van der Waals surface area (Å²) in [4.78, 5) is 5.34. The average molecular weight is 783 g/mol. The number of nitrogens with zero attached hydrogens (tertiary/aromatic N) is 2. The van der Waals surface area contributed by atoms with Crippen LogP contribution >= 0.6 is 0 Å². The van der Waals surface area contributed by atoms with Gasteiger partial charge in [-0.3, -0.25) is 0 Å². The molecule has 2 heteroatoms. The van der Waals surface area contributed by atoms with Gasteiger partial charge in [0, 0.05) is 22.9 Å². The first-order valence-electron chi connectivity index (χ1n) is 22.5. The lowest BCUT2D eigenvalue weighted by atomic mass is 9.71. The summed E-state index contributed by atoms with van der Waals surface area (Å²) < 4.78 is 0. The van der Waals surface area contributed by atoms with E-state index in [0.29, 0.717) is 0 Å². The highest BCUT2D eigenvalue weighted by Gasteiger charge is 2.48. The van der Waals surface area contributed by atoms with Crippen LogP contribution in [0.25, 0.3) is 0 Å². The molecule has 2 nitrogen and oxygen atoms in total. The number of fused-ring (bicyclic) bond motifs is 6. The van der Waals surface area contributed by atoms with Crippen LogP contribution in [0.4, 0.5) is 34.1 Å². The van der Waals surface area contributed by atoms with E-state index in [1.54, 1.807) is 0 Å². The minimum Gasteiger partial charge on any atom is -0.310 e. The highest BCUT2D eigenvalue weighted by Crippen LogP contribution is 2.64. The molecule has 59 heavy (non-hydrogen) atoms. The molecule has 9 rings (SSSR count). The third kappa shape index (κ3) is 6.08. The summed E-state index contributed by atoms with van der Waals surface area (Å²) in [5.41, 5.74) is 22.4. The Morgan fingerprint density at radius 1 is 0.407 bits per heavy atom. The zero-order chi connectivity index (χ0) is 42.8. The van der Waals surface area contributed by atoms with Crippen LogP contribution in [-0.2, 0) is 37.9 Å². The Morgan fingerprint density at radius 2 is 0.864 bits per heavy atom. The molecule has 0 aromatic heterocycles. The molecule has 2 aliphatic carbocycles. The Kier molecular flexibility index (Phi) is 8.28. The van der Waals surface area contributed by atoms with Crippen molar-refractivity contribution in [1.82, 2.24) is 0 Å². The maximum Gasteiger partial charge on any atom is 0.0527 e. The van der Waals surface area contributed by atoms with Crippen molar-refractivity contribution in [2.75, 3.05) is 9.80 Å². The van der Waals surface area contributed by atoms with Crippen LogP contribution < -0.4 is 9.80 Å². The van der Waals surface area contributed by atoms with Gasteiger partial charge in [0.15, 0.2) is 0 Å². The average Bonchev–Trinajstić information content (AvgIpc) is 3.42. The first kappa shape index (κ1) is 40.1. The predicted octanol–water partition coefficient (Wildman–Crippen LogP) is 16.2. The van der Waals surface area contributed by atoms with Crippen LogP contribution in [0.15, 0.2) is 84.9 Å². The topological polar surface area (TPSA) is 6.48 Å². The second-order valence-electron chi connectivity index (χ2n) is 24.7. The number of anilines is 6. The standard InChI is InChI=1S/C57H70N2/c1-51(2,3)34-19-18-20-37(25-34)58-45-26-35(52(4,5)6)21-23-39(45)49-40-30-43-44(57(16,17)33-56(43,14)15)31-46(40)59(48-28-36(53(7,8)9)27-47(58)50(48)49)38-22-24-41-42(29-38)55(12,13)32-54(41,10)11/h18-31,49H,32-33H2,1-17H3. The van der Waals surface area contributed by atoms with Crippen molar-refractivity contribution in [3.8, 4) is 0 Å². The molecule has 2 aliphatic heterocycles. The van der Waals surface area contributed by atoms with Crippen LogP contribution in [0.3, 0.4) is 0 Å². The molecule has 1 atom stereocenters. The second kappa shape index (κ2) is 12.2. The van der Waals surface area contributed by atoms with Crippen molar-refractivity contribution >= 4 is 34.1 Å². The van der Waals surface area contributed by atoms with Gasteiger partial charge in [-0.05, 0) is 149 Å². The molecule has 0 radical (unpaired) electrons. The summed E-state index contributed by atoms with van der Waals surface area (Å²) >= 11 is 0. The maximum atomic E-state index is 2.70. The Morgan fingerprint density at radius 3 is 1.42 bits per heavy atom. The lowest BCUT2D eigenvalue weighted by molar-refractivity contribution is 0.402. The summed E-state index contributed by atoms with van der Waals surface area (Å²) in [6.07, 6.45) is 2.29. The SMILES string of the molecule is CC(C)(C)c1cccc(N2c3cc(C(C)(C)C)ccc3C3c4cc5c(cc4N(c4ccc6c(c4)C(C)(C)CC6(C)C)c4cc(C(C)(C)C)cc2c43)C(C)(C)CC5(C)C)c1. The molecule has 1 unspecified atom stereocenters. The summed E-state index contributed by atoms with van der Waals surface area (Å²) in [5, 5.41) is 0. The van der Waals surface area contributed by atoms with Gasteiger partial charge in [0.2, 0.25) is 0 Å². The van der Waals surface area contributed by atoms with Gasteiger partial charge in [-0.25, -0.2) is 0 Å². The van der Waals surface area contributed by atoms with Gasteiger partial charge >= 0.3 is 0 Å². The van der Waals surface area contributed by atoms with Crippen molar-refractivity contribution in [3.05, 3.63) is 141 Å². The fourth-order valence-electron chi connectivity index (χ4n) is 12.1. The van der Waals surface area contributed by atoms with Gasteiger partial charge < -0.3 is 9.80 Å². The van der Waals surface area contributed by atoms with Gasteiger partial charge in [-0.2, -0.15) is 0 Å². The second-order valence-corrected chi connectivity index (χ2v) is 24.7. The quantitative estimate of drug-likeness (QED) is 0.172. The summed E-state index contributed by atoms with van der Waals surface area (Å²) in [6.45, 7) is 40.9. The van der Waals surface area contributed by atoms with E-state index in [1.165, 1.54) is 89.8 Å². The molecule has 4 aliphatic rings. The minimum atomic E-state index is -0.0761. The summed E-state index contributed by atoms with van der Waals surface area (Å²) in [5.74, 6) is 0.0842. The largest absolute Gasteiger partial charge is 0.310 e. The van der Waals surface area contributed by atoms with Crippen molar-refractivity contribution in [2.45, 2.75) is 174 Å². The van der Waals surface area contributed by atoms with E-state index in [2.05, 4.69) is 212 Å². The Hall–Kier alpha value is -4.30. The van der Waals surface area contributed by atoms with E-state index in [-0.39, 0.29) is 43.8 Å². The van der Waals surface area contributed by atoms with Gasteiger partial charge in [0.25, 0.3) is 0 Å². The van der Waals surface area contributed by atoms with E-state index < -0.39 is 0 Å². The van der Waals surface area contributed by atoms with E-state index in [4.69, 9.17) is 0 Å². The number of rotatable bonds is 2. The van der Waals surface area contributed by atoms with Crippen molar-refractivity contribution in [1.29, 1.82) is 0 Å². The zero-order valence-electron chi connectivity index (χ0n) is 39.5. The molecule has 2 heterocycles. The lowest BCUT2D eigenvalue weighted by Gasteiger charge is -2.47. The molecule has 0 N–H and O–H groups in total. The van der Waals surface area contributed by atoms with Crippen molar-refractivity contribution in [2.24, 2.45) is 0 Å². The van der Waals surface area contributed by atoms with E-state index >= 15 is 0 Å². The van der Waals surface area contributed by atoms with Crippen molar-refractivity contribution in [3.63, 3.8) is 0 Å². The summed E-state index contributed by atoms with van der Waals surface area (Å²) in [6, 6.07) is 34.7. The first-order chi connectivity index (χ1) is 27.1. The normalized spacial score (nSPS) is 20.5. The molecule has 308 valence electrons. The molecule has 0 bridgehead atoms. The maximum absolute atomic E-state index is 2.70. The fourth-order valence-corrected chi connectivity index (χ4v) is 12.1. The smallest absolute Gasteiger partial charge is 0.0527 e. The number of hydrogen-bond donors (Lipinski definition) is 0. The molecule has 0 amide bonds. The van der Waals surface area contributed by atoms with E-state index in [0.717, 1.165) is 12.8 Å². The monoisotopic (exact) mass is 783 g/mol. The molecule has 0 saturated carbocycles. The Balaban J connectivity index is 1.44. The lowest BCUT2D eigenvalue weighted by Crippen LogP contribution is -2.31. The van der Waals surface area contributed by atoms with Gasteiger partial charge in [0.1, 0.15) is 0 Å². The van der Waals surface area contributed by atoms with Gasteiger partial charge in [0.05, 0.1) is 22.7 Å². The molecular formula is C57H70N2. The summed E-state index contributed by atoms with van der Waals surface area (Å²) in [7, 11) is 0. The highest BCUT2D eigenvalue weighted by molar-refractivity contribution is 5.97. The molecule has 5 aromatic carbocycles. The highest BCUT2D eigenvalue weighted by atomic mass is 15.2. The molecule has 0 fully saturated rings. The molecular weight excluding hydrogens is 713 g/mol. The van der Waals surface area contributed by atoms with Crippen LogP contribution in [0.5, 0.6) is 0 Å². The van der Waals surface area contributed by atoms with Gasteiger partial charge in [-0.15, -0.1) is 0 Å².